The second-order valence-corrected chi connectivity index (χ2v) is 7.01. The van der Waals surface area contributed by atoms with Gasteiger partial charge in [-0.25, -0.2) is 0 Å². The molecule has 2 aromatic rings. The van der Waals surface area contributed by atoms with Crippen LogP contribution in [0.5, 0.6) is 11.5 Å². The van der Waals surface area contributed by atoms with Crippen molar-refractivity contribution in [2.24, 2.45) is 0 Å². The predicted molar refractivity (Wildman–Crippen MR) is 98.6 cm³/mol. The molecule has 3 rings (SSSR count). The molecular formula is C20H22ClNO3. The number of hydrogen-bond acceptors (Lipinski definition) is 3. The minimum Gasteiger partial charge on any atom is -0.486 e. The van der Waals surface area contributed by atoms with Crippen LogP contribution >= 0.6 is 11.6 Å². The van der Waals surface area contributed by atoms with Gasteiger partial charge < -0.3 is 14.8 Å². The Morgan fingerprint density at radius 3 is 2.64 bits per heavy atom. The van der Waals surface area contributed by atoms with Crippen molar-refractivity contribution in [2.75, 3.05) is 19.8 Å². The monoisotopic (exact) mass is 359 g/mol. The molecular weight excluding hydrogens is 338 g/mol. The van der Waals surface area contributed by atoms with Crippen LogP contribution < -0.4 is 14.8 Å². The number of hydrogen-bond donors (Lipinski definition) is 1. The zero-order chi connectivity index (χ0) is 17.9. The lowest BCUT2D eigenvalue weighted by atomic mass is 9.84. The van der Waals surface area contributed by atoms with E-state index in [2.05, 4.69) is 5.32 Å². The quantitative estimate of drug-likeness (QED) is 0.884. The summed E-state index contributed by atoms with van der Waals surface area (Å²) < 4.78 is 11.1. The third-order valence-electron chi connectivity index (χ3n) is 4.42. The fraction of sp³-hybridized carbons (Fsp3) is 0.350. The van der Waals surface area contributed by atoms with Crippen LogP contribution in [0.15, 0.2) is 42.5 Å². The maximum Gasteiger partial charge on any atom is 0.230 e. The van der Waals surface area contributed by atoms with E-state index in [1.54, 1.807) is 0 Å². The molecule has 0 saturated heterocycles. The molecule has 1 amide bonds. The average molecular weight is 360 g/mol. The van der Waals surface area contributed by atoms with E-state index in [1.165, 1.54) is 0 Å². The Morgan fingerprint density at radius 2 is 1.88 bits per heavy atom. The fourth-order valence-electron chi connectivity index (χ4n) is 2.84. The molecule has 25 heavy (non-hydrogen) atoms. The molecule has 1 N–H and O–H groups in total. The molecule has 1 aliphatic rings. The number of carbonyl (C=O) groups is 1. The maximum atomic E-state index is 12.6. The average Bonchev–Trinajstić information content (AvgIpc) is 2.62. The van der Waals surface area contributed by atoms with E-state index in [0.29, 0.717) is 42.7 Å². The van der Waals surface area contributed by atoms with Crippen LogP contribution in [0.3, 0.4) is 0 Å². The van der Waals surface area contributed by atoms with Gasteiger partial charge in [-0.05, 0) is 43.5 Å². The van der Waals surface area contributed by atoms with Crippen molar-refractivity contribution in [1.29, 1.82) is 0 Å². The van der Waals surface area contributed by atoms with Gasteiger partial charge in [0.25, 0.3) is 0 Å². The van der Waals surface area contributed by atoms with E-state index in [0.717, 1.165) is 11.1 Å². The molecule has 4 nitrogen and oxygen atoms in total. The molecule has 0 bridgehead atoms. The molecule has 2 aromatic carbocycles. The molecule has 1 heterocycles. The Morgan fingerprint density at radius 1 is 1.16 bits per heavy atom. The molecule has 0 aliphatic carbocycles. The molecule has 132 valence electrons. The second kappa shape index (κ2) is 7.36. The minimum absolute atomic E-state index is 0.00217. The van der Waals surface area contributed by atoms with Crippen molar-refractivity contribution < 1.29 is 14.3 Å². The predicted octanol–water partition coefficient (Wildman–Crippen LogP) is 3.75. The number of nitrogens with one attached hydrogen (secondary N) is 1. The maximum absolute atomic E-state index is 12.6. The molecule has 0 saturated carbocycles. The number of rotatable bonds is 5. The standard InChI is InChI=1S/C20H22ClNO3/c1-20(2,15-6-4-3-5-7-15)19(23)22-9-8-14-12-16(21)18-17(13-14)24-10-11-25-18/h3-7,12-13H,8-11H2,1-2H3,(H,22,23). The Bertz CT molecular complexity index is 759. The molecule has 0 radical (unpaired) electrons. The number of benzene rings is 2. The van der Waals surface area contributed by atoms with E-state index < -0.39 is 5.41 Å². The van der Waals surface area contributed by atoms with Crippen LogP contribution in [0.4, 0.5) is 0 Å². The number of ether oxygens (including phenoxy) is 2. The lowest BCUT2D eigenvalue weighted by Crippen LogP contribution is -2.40. The summed E-state index contributed by atoms with van der Waals surface area (Å²) in [5.41, 5.74) is 1.42. The highest BCUT2D eigenvalue weighted by Crippen LogP contribution is 2.38. The van der Waals surface area contributed by atoms with E-state index in [9.17, 15) is 4.79 Å². The molecule has 0 fully saturated rings. The van der Waals surface area contributed by atoms with Gasteiger partial charge in [0.1, 0.15) is 13.2 Å². The van der Waals surface area contributed by atoms with Crippen molar-refractivity contribution in [3.05, 3.63) is 58.6 Å². The molecule has 0 spiro atoms. The Hall–Kier alpha value is -2.20. The van der Waals surface area contributed by atoms with Gasteiger partial charge >= 0.3 is 0 Å². The summed E-state index contributed by atoms with van der Waals surface area (Å²) in [6.07, 6.45) is 0.674. The van der Waals surface area contributed by atoms with Gasteiger partial charge in [-0.1, -0.05) is 41.9 Å². The van der Waals surface area contributed by atoms with E-state index in [4.69, 9.17) is 21.1 Å². The first-order valence-corrected chi connectivity index (χ1v) is 8.78. The third-order valence-corrected chi connectivity index (χ3v) is 4.70. The summed E-state index contributed by atoms with van der Waals surface area (Å²) >= 11 is 6.25. The SMILES string of the molecule is CC(C)(C(=O)NCCc1cc(Cl)c2c(c1)OCCO2)c1ccccc1. The summed E-state index contributed by atoms with van der Waals surface area (Å²) in [4.78, 5) is 12.6. The number of amides is 1. The molecule has 0 aromatic heterocycles. The fourth-order valence-corrected chi connectivity index (χ4v) is 3.12. The summed E-state index contributed by atoms with van der Waals surface area (Å²) in [5.74, 6) is 1.28. The largest absolute Gasteiger partial charge is 0.486 e. The van der Waals surface area contributed by atoms with E-state index >= 15 is 0 Å². The van der Waals surface area contributed by atoms with Crippen LogP contribution in [0, 0.1) is 0 Å². The number of carbonyl (C=O) groups excluding carboxylic acids is 1. The topological polar surface area (TPSA) is 47.6 Å². The molecule has 5 heteroatoms. The van der Waals surface area contributed by atoms with E-state index in [1.807, 2.05) is 56.3 Å². The van der Waals surface area contributed by atoms with Gasteiger partial charge in [0, 0.05) is 6.54 Å². The molecule has 1 aliphatic heterocycles. The smallest absolute Gasteiger partial charge is 0.230 e. The van der Waals surface area contributed by atoms with Crippen LogP contribution in [0.25, 0.3) is 0 Å². The second-order valence-electron chi connectivity index (χ2n) is 6.60. The van der Waals surface area contributed by atoms with Gasteiger partial charge in [-0.3, -0.25) is 4.79 Å². The van der Waals surface area contributed by atoms with Crippen molar-refractivity contribution in [2.45, 2.75) is 25.7 Å². The lowest BCUT2D eigenvalue weighted by Gasteiger charge is -2.24. The highest BCUT2D eigenvalue weighted by atomic mass is 35.5. The highest BCUT2D eigenvalue weighted by Gasteiger charge is 2.29. The van der Waals surface area contributed by atoms with Crippen molar-refractivity contribution in [1.82, 2.24) is 5.32 Å². The molecule has 0 unspecified atom stereocenters. The molecule has 0 atom stereocenters. The Labute approximate surface area is 153 Å². The summed E-state index contributed by atoms with van der Waals surface area (Å²) in [6.45, 7) is 5.42. The van der Waals surface area contributed by atoms with Crippen molar-refractivity contribution >= 4 is 17.5 Å². The van der Waals surface area contributed by atoms with Gasteiger partial charge in [-0.2, -0.15) is 0 Å². The first kappa shape index (κ1) is 17.6. The minimum atomic E-state index is -0.578. The summed E-state index contributed by atoms with van der Waals surface area (Å²) in [5, 5.41) is 3.56. The van der Waals surface area contributed by atoms with Gasteiger partial charge in [0.15, 0.2) is 11.5 Å². The zero-order valence-electron chi connectivity index (χ0n) is 14.5. The van der Waals surface area contributed by atoms with Crippen molar-refractivity contribution in [3.63, 3.8) is 0 Å². The zero-order valence-corrected chi connectivity index (χ0v) is 15.2. The van der Waals surface area contributed by atoms with Crippen molar-refractivity contribution in [3.8, 4) is 11.5 Å². The van der Waals surface area contributed by atoms with Gasteiger partial charge in [0.05, 0.1) is 10.4 Å². The van der Waals surface area contributed by atoms with E-state index in [-0.39, 0.29) is 5.91 Å². The summed E-state index contributed by atoms with van der Waals surface area (Å²) in [6, 6.07) is 13.6. The normalized spacial score (nSPS) is 13.4. The van der Waals surface area contributed by atoms with Gasteiger partial charge in [-0.15, -0.1) is 0 Å². The van der Waals surface area contributed by atoms with Gasteiger partial charge in [0.2, 0.25) is 5.91 Å². The lowest BCUT2D eigenvalue weighted by molar-refractivity contribution is -0.125. The Kier molecular flexibility index (Phi) is 5.19. The highest BCUT2D eigenvalue weighted by molar-refractivity contribution is 6.32. The van der Waals surface area contributed by atoms with Crippen LogP contribution in [0.2, 0.25) is 5.02 Å². The first-order valence-electron chi connectivity index (χ1n) is 8.40. The van der Waals surface area contributed by atoms with Crippen LogP contribution in [0.1, 0.15) is 25.0 Å². The summed E-state index contributed by atoms with van der Waals surface area (Å²) in [7, 11) is 0. The van der Waals surface area contributed by atoms with Crippen LogP contribution in [-0.2, 0) is 16.6 Å². The number of fused-ring (bicyclic) bond motifs is 1. The third kappa shape index (κ3) is 3.90. The Balaban J connectivity index is 1.61. The number of halogens is 1. The van der Waals surface area contributed by atoms with Crippen LogP contribution in [-0.4, -0.2) is 25.7 Å². The first-order chi connectivity index (χ1) is 12.0.